The van der Waals surface area contributed by atoms with Gasteiger partial charge in [0.25, 0.3) is 0 Å². The monoisotopic (exact) mass is 183 g/mol. The quantitative estimate of drug-likeness (QED) is 0.633. The Morgan fingerprint density at radius 1 is 1.54 bits per heavy atom. The molecule has 0 aromatic heterocycles. The number of urea groups is 1. The molecule has 0 atom stereocenters. The largest absolute Gasteiger partial charge is 0.351 e. The van der Waals surface area contributed by atoms with Gasteiger partial charge >= 0.3 is 6.03 Å². The molecular formula is C8H10FN3O. The Labute approximate surface area is 74.7 Å². The van der Waals surface area contributed by atoms with E-state index >= 15 is 0 Å². The van der Waals surface area contributed by atoms with Crippen molar-refractivity contribution in [3.8, 4) is 0 Å². The summed E-state index contributed by atoms with van der Waals surface area (Å²) in [6, 6.07) is 3.49. The number of benzene rings is 1. The van der Waals surface area contributed by atoms with E-state index in [4.69, 9.17) is 11.5 Å². The van der Waals surface area contributed by atoms with Crippen LogP contribution in [-0.4, -0.2) is 6.03 Å². The molecule has 0 spiro atoms. The van der Waals surface area contributed by atoms with E-state index < -0.39 is 11.8 Å². The third kappa shape index (κ3) is 2.41. The van der Waals surface area contributed by atoms with Crippen molar-refractivity contribution < 1.29 is 9.18 Å². The Morgan fingerprint density at radius 2 is 2.23 bits per heavy atom. The van der Waals surface area contributed by atoms with Gasteiger partial charge in [-0.25, -0.2) is 9.18 Å². The molecule has 0 aliphatic rings. The topological polar surface area (TPSA) is 81.1 Å². The summed E-state index contributed by atoms with van der Waals surface area (Å²) in [6.07, 6.45) is 0. The SMILES string of the molecule is NCc1ccc(NC(N)=O)cc1F. The molecule has 0 unspecified atom stereocenters. The van der Waals surface area contributed by atoms with Crippen LogP contribution >= 0.6 is 0 Å². The van der Waals surface area contributed by atoms with Gasteiger partial charge in [0.2, 0.25) is 0 Å². The molecule has 1 aromatic rings. The van der Waals surface area contributed by atoms with Gasteiger partial charge in [0.1, 0.15) is 5.82 Å². The highest BCUT2D eigenvalue weighted by Gasteiger charge is 2.02. The van der Waals surface area contributed by atoms with Crippen molar-refractivity contribution in [2.45, 2.75) is 6.54 Å². The lowest BCUT2D eigenvalue weighted by Crippen LogP contribution is -2.19. The fourth-order valence-corrected chi connectivity index (χ4v) is 0.933. The Morgan fingerprint density at radius 3 is 2.69 bits per heavy atom. The summed E-state index contributed by atoms with van der Waals surface area (Å²) in [5.41, 5.74) is 10.8. The van der Waals surface area contributed by atoms with E-state index in [1.807, 2.05) is 0 Å². The Hall–Kier alpha value is -1.62. The highest BCUT2D eigenvalue weighted by atomic mass is 19.1. The van der Waals surface area contributed by atoms with Crippen LogP contribution < -0.4 is 16.8 Å². The highest BCUT2D eigenvalue weighted by Crippen LogP contribution is 2.13. The van der Waals surface area contributed by atoms with Crippen molar-refractivity contribution in [2.24, 2.45) is 11.5 Å². The average molecular weight is 183 g/mol. The van der Waals surface area contributed by atoms with Gasteiger partial charge in [0.05, 0.1) is 0 Å². The van der Waals surface area contributed by atoms with E-state index in [9.17, 15) is 9.18 Å². The number of hydrogen-bond acceptors (Lipinski definition) is 2. The molecule has 5 N–H and O–H groups in total. The van der Waals surface area contributed by atoms with E-state index in [1.165, 1.54) is 18.2 Å². The van der Waals surface area contributed by atoms with E-state index in [1.54, 1.807) is 0 Å². The van der Waals surface area contributed by atoms with Crippen molar-refractivity contribution in [1.82, 2.24) is 0 Å². The molecule has 0 aliphatic heterocycles. The summed E-state index contributed by atoms with van der Waals surface area (Å²) in [5, 5.41) is 2.25. The molecule has 0 saturated heterocycles. The Kier molecular flexibility index (Phi) is 2.81. The fourth-order valence-electron chi connectivity index (χ4n) is 0.933. The van der Waals surface area contributed by atoms with E-state index in [0.717, 1.165) is 0 Å². The lowest BCUT2D eigenvalue weighted by molar-refractivity contribution is 0.259. The molecule has 1 aromatic carbocycles. The minimum Gasteiger partial charge on any atom is -0.351 e. The summed E-state index contributed by atoms with van der Waals surface area (Å²) >= 11 is 0. The predicted molar refractivity (Wildman–Crippen MR) is 47.5 cm³/mol. The first-order valence-corrected chi connectivity index (χ1v) is 3.68. The number of hydrogen-bond donors (Lipinski definition) is 3. The van der Waals surface area contributed by atoms with Crippen LogP contribution in [-0.2, 0) is 6.54 Å². The number of carbonyl (C=O) groups is 1. The van der Waals surface area contributed by atoms with Crippen molar-refractivity contribution in [3.05, 3.63) is 29.6 Å². The fraction of sp³-hybridized carbons (Fsp3) is 0.125. The number of amides is 2. The second kappa shape index (κ2) is 3.86. The summed E-state index contributed by atoms with van der Waals surface area (Å²) in [5.74, 6) is -0.450. The summed E-state index contributed by atoms with van der Waals surface area (Å²) < 4.78 is 13.0. The van der Waals surface area contributed by atoms with Gasteiger partial charge in [0, 0.05) is 17.8 Å². The smallest absolute Gasteiger partial charge is 0.316 e. The van der Waals surface area contributed by atoms with Gasteiger partial charge in [-0.05, 0) is 12.1 Å². The molecule has 0 aliphatic carbocycles. The van der Waals surface area contributed by atoms with Crippen molar-refractivity contribution in [3.63, 3.8) is 0 Å². The molecule has 0 bridgehead atoms. The van der Waals surface area contributed by atoms with Crippen molar-refractivity contribution in [1.29, 1.82) is 0 Å². The van der Waals surface area contributed by atoms with Crippen LogP contribution in [0.25, 0.3) is 0 Å². The standard InChI is InChI=1S/C8H10FN3O/c9-7-3-6(12-8(11)13)2-1-5(7)4-10/h1-3H,4,10H2,(H3,11,12,13). The lowest BCUT2D eigenvalue weighted by atomic mass is 10.2. The minimum absolute atomic E-state index is 0.128. The second-order valence-corrected chi connectivity index (χ2v) is 2.50. The van der Waals surface area contributed by atoms with Gasteiger partial charge in [-0.3, -0.25) is 0 Å². The average Bonchev–Trinajstić information content (AvgIpc) is 2.03. The number of primary amides is 1. The number of carbonyl (C=O) groups excluding carboxylic acids is 1. The van der Waals surface area contributed by atoms with E-state index in [0.29, 0.717) is 11.3 Å². The van der Waals surface area contributed by atoms with E-state index in [-0.39, 0.29) is 6.54 Å². The first-order chi connectivity index (χ1) is 6.13. The molecule has 13 heavy (non-hydrogen) atoms. The van der Waals surface area contributed by atoms with Crippen LogP contribution in [0.15, 0.2) is 18.2 Å². The molecule has 1 rings (SSSR count). The predicted octanol–water partition coefficient (Wildman–Crippen LogP) is 0.775. The third-order valence-corrected chi connectivity index (χ3v) is 1.54. The van der Waals surface area contributed by atoms with Crippen LogP contribution in [0.1, 0.15) is 5.56 Å². The maximum absolute atomic E-state index is 13.0. The van der Waals surface area contributed by atoms with Gasteiger partial charge in [-0.2, -0.15) is 0 Å². The molecule has 70 valence electrons. The summed E-state index contributed by atoms with van der Waals surface area (Å²) in [7, 11) is 0. The van der Waals surface area contributed by atoms with Gasteiger partial charge < -0.3 is 16.8 Å². The van der Waals surface area contributed by atoms with Gasteiger partial charge in [-0.1, -0.05) is 6.07 Å². The zero-order valence-electron chi connectivity index (χ0n) is 6.88. The van der Waals surface area contributed by atoms with Gasteiger partial charge in [-0.15, -0.1) is 0 Å². The maximum Gasteiger partial charge on any atom is 0.316 e. The maximum atomic E-state index is 13.0. The zero-order valence-corrected chi connectivity index (χ0v) is 6.88. The first-order valence-electron chi connectivity index (χ1n) is 3.68. The van der Waals surface area contributed by atoms with Crippen LogP contribution in [0.4, 0.5) is 14.9 Å². The number of nitrogens with two attached hydrogens (primary N) is 2. The van der Waals surface area contributed by atoms with Crippen LogP contribution in [0.3, 0.4) is 0 Å². The molecule has 5 heteroatoms. The molecule has 0 radical (unpaired) electrons. The molecule has 0 heterocycles. The molecular weight excluding hydrogens is 173 g/mol. The number of halogens is 1. The van der Waals surface area contributed by atoms with Gasteiger partial charge in [0.15, 0.2) is 0 Å². The van der Waals surface area contributed by atoms with Crippen molar-refractivity contribution in [2.75, 3.05) is 5.32 Å². The minimum atomic E-state index is -0.722. The Balaban J connectivity index is 2.89. The second-order valence-electron chi connectivity index (χ2n) is 2.50. The number of nitrogens with one attached hydrogen (secondary N) is 1. The van der Waals surface area contributed by atoms with Crippen molar-refractivity contribution >= 4 is 11.7 Å². The Bertz CT molecular complexity index is 327. The zero-order chi connectivity index (χ0) is 9.84. The third-order valence-electron chi connectivity index (χ3n) is 1.54. The lowest BCUT2D eigenvalue weighted by Gasteiger charge is -2.03. The van der Waals surface area contributed by atoms with Crippen LogP contribution in [0, 0.1) is 5.82 Å². The number of anilines is 1. The van der Waals surface area contributed by atoms with Crippen LogP contribution in [0.2, 0.25) is 0 Å². The molecule has 0 fully saturated rings. The molecule has 2 amide bonds. The van der Waals surface area contributed by atoms with E-state index in [2.05, 4.69) is 5.32 Å². The first kappa shape index (κ1) is 9.47. The summed E-state index contributed by atoms with van der Waals surface area (Å²) in [6.45, 7) is 0.128. The summed E-state index contributed by atoms with van der Waals surface area (Å²) in [4.78, 5) is 10.4. The number of rotatable bonds is 2. The molecule has 4 nitrogen and oxygen atoms in total. The highest BCUT2D eigenvalue weighted by molar-refractivity contribution is 5.87. The van der Waals surface area contributed by atoms with Crippen LogP contribution in [0.5, 0.6) is 0 Å². The molecule has 0 saturated carbocycles. The normalized spacial score (nSPS) is 9.69.